The molecule has 0 aliphatic rings. The maximum Gasteiger partial charge on any atom is 0.239 e. The molecule has 0 bridgehead atoms. The summed E-state index contributed by atoms with van der Waals surface area (Å²) in [5.74, 6) is -0.355. The zero-order valence-corrected chi connectivity index (χ0v) is 10.1. The molecule has 0 unspecified atom stereocenters. The van der Waals surface area contributed by atoms with Crippen LogP contribution in [0.25, 0.3) is 0 Å². The molecule has 1 aromatic carbocycles. The monoisotopic (exact) mass is 246 g/mol. The number of carbonyl (C=O) groups is 1. The van der Waals surface area contributed by atoms with Crippen molar-refractivity contribution in [1.82, 2.24) is 5.32 Å². The van der Waals surface area contributed by atoms with Gasteiger partial charge in [-0.05, 0) is 28.0 Å². The Labute approximate surface area is 104 Å². The Morgan fingerprint density at radius 1 is 1.29 bits per heavy atom. The maximum absolute atomic E-state index is 11.4. The lowest BCUT2D eigenvalue weighted by molar-refractivity contribution is -0.120. The molecule has 0 fully saturated rings. The van der Waals surface area contributed by atoms with Crippen molar-refractivity contribution in [2.45, 2.75) is 12.6 Å². The summed E-state index contributed by atoms with van der Waals surface area (Å²) in [5, 5.41) is 7.23. The Hall–Kier alpha value is -1.65. The van der Waals surface area contributed by atoms with E-state index in [1.54, 1.807) is 11.3 Å². The van der Waals surface area contributed by atoms with Gasteiger partial charge in [-0.3, -0.25) is 10.1 Å². The Morgan fingerprint density at radius 2 is 2.06 bits per heavy atom. The van der Waals surface area contributed by atoms with Crippen molar-refractivity contribution >= 4 is 17.2 Å². The number of rotatable bonds is 5. The molecule has 0 aliphatic carbocycles. The first-order valence-electron chi connectivity index (χ1n) is 5.36. The molecule has 1 heterocycles. The van der Waals surface area contributed by atoms with Gasteiger partial charge in [-0.15, -0.1) is 0 Å². The van der Waals surface area contributed by atoms with Crippen molar-refractivity contribution in [3.63, 3.8) is 0 Å². The Morgan fingerprint density at radius 3 is 2.65 bits per heavy atom. The summed E-state index contributed by atoms with van der Waals surface area (Å²) in [4.78, 5) is 11.4. The lowest BCUT2D eigenvalue weighted by Gasteiger charge is -2.15. The molecule has 3 N–H and O–H groups in total. The second-order valence-corrected chi connectivity index (χ2v) is 4.54. The minimum atomic E-state index is -0.434. The van der Waals surface area contributed by atoms with Gasteiger partial charge in [0.2, 0.25) is 5.91 Å². The van der Waals surface area contributed by atoms with Gasteiger partial charge in [-0.2, -0.15) is 11.3 Å². The number of amides is 1. The molecule has 17 heavy (non-hydrogen) atoms. The topological polar surface area (TPSA) is 55.1 Å². The fourth-order valence-electron chi connectivity index (χ4n) is 1.64. The summed E-state index contributed by atoms with van der Waals surface area (Å²) in [6.45, 7) is 0.645. The Bertz CT molecular complexity index is 467. The van der Waals surface area contributed by atoms with E-state index < -0.39 is 6.04 Å². The van der Waals surface area contributed by atoms with Crippen molar-refractivity contribution in [3.8, 4) is 0 Å². The molecular weight excluding hydrogens is 232 g/mol. The van der Waals surface area contributed by atoms with E-state index >= 15 is 0 Å². The van der Waals surface area contributed by atoms with E-state index in [1.165, 1.54) is 0 Å². The van der Waals surface area contributed by atoms with Gasteiger partial charge in [-0.1, -0.05) is 30.3 Å². The van der Waals surface area contributed by atoms with Crippen molar-refractivity contribution in [3.05, 3.63) is 58.3 Å². The van der Waals surface area contributed by atoms with Crippen LogP contribution in [0.4, 0.5) is 0 Å². The third kappa shape index (κ3) is 3.15. The van der Waals surface area contributed by atoms with E-state index in [-0.39, 0.29) is 5.91 Å². The number of nitrogens with one attached hydrogen (secondary N) is 1. The molecular formula is C13H14N2OS. The third-order valence-electron chi connectivity index (χ3n) is 2.51. The molecule has 1 aromatic heterocycles. The first-order valence-corrected chi connectivity index (χ1v) is 6.30. The highest BCUT2D eigenvalue weighted by atomic mass is 32.1. The van der Waals surface area contributed by atoms with Crippen LogP contribution in [0, 0.1) is 0 Å². The van der Waals surface area contributed by atoms with Crippen LogP contribution in [0.3, 0.4) is 0 Å². The van der Waals surface area contributed by atoms with Crippen molar-refractivity contribution in [2.24, 2.45) is 5.73 Å². The standard InChI is InChI=1S/C13H14N2OS/c14-13(16)12(11-4-2-1-3-5-11)15-8-10-6-7-17-9-10/h1-7,9,12,15H,8H2,(H2,14,16)/t12-/m0/s1. The first-order chi connectivity index (χ1) is 8.27. The molecule has 2 rings (SSSR count). The minimum absolute atomic E-state index is 0.355. The molecule has 1 amide bonds. The molecule has 2 aromatic rings. The number of primary amides is 1. The summed E-state index contributed by atoms with van der Waals surface area (Å²) < 4.78 is 0. The molecule has 0 spiro atoms. The summed E-state index contributed by atoms with van der Waals surface area (Å²) in [5.41, 5.74) is 7.47. The Kier molecular flexibility index (Phi) is 3.90. The normalized spacial score (nSPS) is 12.2. The second-order valence-electron chi connectivity index (χ2n) is 3.76. The molecule has 4 heteroatoms. The lowest BCUT2D eigenvalue weighted by atomic mass is 10.1. The van der Waals surface area contributed by atoms with Gasteiger partial charge >= 0.3 is 0 Å². The minimum Gasteiger partial charge on any atom is -0.368 e. The van der Waals surface area contributed by atoms with Crippen molar-refractivity contribution < 1.29 is 4.79 Å². The Balaban J connectivity index is 2.06. The number of nitrogens with two attached hydrogens (primary N) is 1. The van der Waals surface area contributed by atoms with Crippen LogP contribution in [0.15, 0.2) is 47.2 Å². The molecule has 0 saturated heterocycles. The zero-order chi connectivity index (χ0) is 12.1. The SMILES string of the molecule is NC(=O)[C@@H](NCc1ccsc1)c1ccccc1. The average Bonchev–Trinajstić information content (AvgIpc) is 2.83. The van der Waals surface area contributed by atoms with Gasteiger partial charge < -0.3 is 5.73 Å². The van der Waals surface area contributed by atoms with Crippen LogP contribution >= 0.6 is 11.3 Å². The van der Waals surface area contributed by atoms with Gasteiger partial charge in [0, 0.05) is 6.54 Å². The predicted molar refractivity (Wildman–Crippen MR) is 69.5 cm³/mol. The maximum atomic E-state index is 11.4. The van der Waals surface area contributed by atoms with Crippen molar-refractivity contribution in [2.75, 3.05) is 0 Å². The molecule has 0 saturated carbocycles. The van der Waals surface area contributed by atoms with E-state index in [0.717, 1.165) is 11.1 Å². The van der Waals surface area contributed by atoms with Gasteiger partial charge in [0.05, 0.1) is 0 Å². The van der Waals surface area contributed by atoms with Crippen LogP contribution in [0.5, 0.6) is 0 Å². The van der Waals surface area contributed by atoms with Gasteiger partial charge in [0.25, 0.3) is 0 Å². The fraction of sp³-hybridized carbons (Fsp3) is 0.154. The first kappa shape index (κ1) is 11.8. The molecule has 3 nitrogen and oxygen atoms in total. The zero-order valence-electron chi connectivity index (χ0n) is 9.30. The molecule has 0 aliphatic heterocycles. The number of hydrogen-bond donors (Lipinski definition) is 2. The van der Waals surface area contributed by atoms with Crippen LogP contribution < -0.4 is 11.1 Å². The summed E-state index contributed by atoms with van der Waals surface area (Å²) in [7, 11) is 0. The number of thiophene rings is 1. The lowest BCUT2D eigenvalue weighted by Crippen LogP contribution is -2.33. The molecule has 88 valence electrons. The number of benzene rings is 1. The molecule has 0 radical (unpaired) electrons. The highest BCUT2D eigenvalue weighted by Gasteiger charge is 2.16. The summed E-state index contributed by atoms with van der Waals surface area (Å²) >= 11 is 1.64. The van der Waals surface area contributed by atoms with E-state index in [9.17, 15) is 4.79 Å². The number of carbonyl (C=O) groups excluding carboxylic acids is 1. The quantitative estimate of drug-likeness (QED) is 0.848. The molecule has 1 atom stereocenters. The van der Waals surface area contributed by atoms with Crippen LogP contribution in [0.1, 0.15) is 17.2 Å². The fourth-order valence-corrected chi connectivity index (χ4v) is 2.31. The van der Waals surface area contributed by atoms with Gasteiger partial charge in [-0.25, -0.2) is 0 Å². The van der Waals surface area contributed by atoms with E-state index in [1.807, 2.05) is 41.8 Å². The van der Waals surface area contributed by atoms with E-state index in [2.05, 4.69) is 10.7 Å². The van der Waals surface area contributed by atoms with Crippen LogP contribution in [0.2, 0.25) is 0 Å². The van der Waals surface area contributed by atoms with E-state index in [4.69, 9.17) is 5.73 Å². The summed E-state index contributed by atoms with van der Waals surface area (Å²) in [6.07, 6.45) is 0. The third-order valence-corrected chi connectivity index (χ3v) is 3.24. The van der Waals surface area contributed by atoms with Crippen LogP contribution in [-0.2, 0) is 11.3 Å². The number of hydrogen-bond acceptors (Lipinski definition) is 3. The van der Waals surface area contributed by atoms with Gasteiger partial charge in [0.1, 0.15) is 6.04 Å². The van der Waals surface area contributed by atoms with E-state index in [0.29, 0.717) is 6.54 Å². The summed E-state index contributed by atoms with van der Waals surface area (Å²) in [6, 6.07) is 11.1. The highest BCUT2D eigenvalue weighted by Crippen LogP contribution is 2.13. The van der Waals surface area contributed by atoms with Gasteiger partial charge in [0.15, 0.2) is 0 Å². The highest BCUT2D eigenvalue weighted by molar-refractivity contribution is 7.07. The second kappa shape index (κ2) is 5.61. The largest absolute Gasteiger partial charge is 0.368 e. The van der Waals surface area contributed by atoms with Crippen LogP contribution in [-0.4, -0.2) is 5.91 Å². The average molecular weight is 246 g/mol. The predicted octanol–water partition coefficient (Wildman–Crippen LogP) is 2.06. The smallest absolute Gasteiger partial charge is 0.239 e. The van der Waals surface area contributed by atoms with Crippen molar-refractivity contribution in [1.29, 1.82) is 0 Å².